The second-order valence-corrected chi connectivity index (χ2v) is 6.61. The molecule has 1 aromatic heterocycles. The largest absolute Gasteiger partial charge is 0.485 e. The Labute approximate surface area is 158 Å². The van der Waals surface area contributed by atoms with E-state index in [2.05, 4.69) is 13.2 Å². The van der Waals surface area contributed by atoms with Crippen LogP contribution in [0.15, 0.2) is 82.0 Å². The molecule has 0 saturated carbocycles. The third kappa shape index (κ3) is 4.29. The Morgan fingerprint density at radius 3 is 2.30 bits per heavy atom. The highest BCUT2D eigenvalue weighted by molar-refractivity contribution is 5.97. The predicted molar refractivity (Wildman–Crippen MR) is 109 cm³/mol. The third-order valence-electron chi connectivity index (χ3n) is 3.85. The van der Waals surface area contributed by atoms with Gasteiger partial charge in [-0.2, -0.15) is 0 Å². The lowest BCUT2D eigenvalue weighted by Gasteiger charge is -2.15. The fraction of sp³-hybridized carbons (Fsp3) is 0.174. The van der Waals surface area contributed by atoms with Gasteiger partial charge >= 0.3 is 5.63 Å². The summed E-state index contributed by atoms with van der Waals surface area (Å²) in [4.78, 5) is 12.3. The van der Waals surface area contributed by atoms with Crippen molar-refractivity contribution in [3.05, 3.63) is 83.3 Å². The molecule has 4 heteroatoms. The molecule has 1 heterocycles. The second kappa shape index (κ2) is 7.96. The van der Waals surface area contributed by atoms with Crippen LogP contribution < -0.4 is 15.1 Å². The van der Waals surface area contributed by atoms with Gasteiger partial charge in [-0.1, -0.05) is 43.5 Å². The maximum absolute atomic E-state index is 12.3. The lowest BCUT2D eigenvalue weighted by molar-refractivity contribution is 0.298. The van der Waals surface area contributed by atoms with E-state index in [4.69, 9.17) is 13.9 Å². The van der Waals surface area contributed by atoms with Gasteiger partial charge in [-0.25, -0.2) is 4.79 Å². The summed E-state index contributed by atoms with van der Waals surface area (Å²) in [6.45, 7) is 12.1. The van der Waals surface area contributed by atoms with E-state index in [0.29, 0.717) is 30.3 Å². The van der Waals surface area contributed by atoms with Gasteiger partial charge < -0.3 is 13.9 Å². The average Bonchev–Trinajstić information content (AvgIpc) is 2.64. The van der Waals surface area contributed by atoms with Gasteiger partial charge in [0.15, 0.2) is 11.3 Å². The molecule has 138 valence electrons. The topological polar surface area (TPSA) is 48.7 Å². The summed E-state index contributed by atoms with van der Waals surface area (Å²) in [5.41, 5.74) is 3.35. The molecule has 0 N–H and O–H groups in total. The molecule has 0 bridgehead atoms. The van der Waals surface area contributed by atoms with E-state index in [1.807, 2.05) is 56.3 Å². The quantitative estimate of drug-likeness (QED) is 0.419. The molecule has 0 spiro atoms. The van der Waals surface area contributed by atoms with Crippen LogP contribution in [-0.2, 0) is 0 Å². The predicted octanol–water partition coefficient (Wildman–Crippen LogP) is 5.37. The van der Waals surface area contributed by atoms with Crippen molar-refractivity contribution in [3.8, 4) is 22.6 Å². The maximum atomic E-state index is 12.3. The maximum Gasteiger partial charge on any atom is 0.336 e. The highest BCUT2D eigenvalue weighted by Crippen LogP contribution is 2.39. The minimum atomic E-state index is -0.446. The van der Waals surface area contributed by atoms with Crippen LogP contribution in [0.5, 0.6) is 11.5 Å². The van der Waals surface area contributed by atoms with Gasteiger partial charge in [0, 0.05) is 11.5 Å². The summed E-state index contributed by atoms with van der Waals surface area (Å²) in [7, 11) is 0. The smallest absolute Gasteiger partial charge is 0.336 e. The number of ether oxygens (including phenoxy) is 2. The third-order valence-corrected chi connectivity index (χ3v) is 3.85. The van der Waals surface area contributed by atoms with Crippen LogP contribution in [0.2, 0.25) is 0 Å². The van der Waals surface area contributed by atoms with E-state index in [-0.39, 0.29) is 0 Å². The Morgan fingerprint density at radius 2 is 1.63 bits per heavy atom. The zero-order chi connectivity index (χ0) is 19.4. The van der Waals surface area contributed by atoms with Crippen molar-refractivity contribution in [3.63, 3.8) is 0 Å². The van der Waals surface area contributed by atoms with Crippen molar-refractivity contribution < 1.29 is 13.9 Å². The Morgan fingerprint density at radius 1 is 0.963 bits per heavy atom. The first-order valence-corrected chi connectivity index (χ1v) is 8.66. The Balaban J connectivity index is 2.21. The molecule has 0 fully saturated rings. The van der Waals surface area contributed by atoms with Crippen LogP contribution in [0.25, 0.3) is 22.1 Å². The molecule has 2 aromatic carbocycles. The van der Waals surface area contributed by atoms with E-state index in [9.17, 15) is 4.79 Å². The minimum Gasteiger partial charge on any atom is -0.485 e. The van der Waals surface area contributed by atoms with Crippen LogP contribution in [0, 0.1) is 0 Å². The molecular formula is C23H22O4. The first-order valence-electron chi connectivity index (χ1n) is 8.66. The second-order valence-electron chi connectivity index (χ2n) is 6.61. The Kier molecular flexibility index (Phi) is 5.46. The number of hydrogen-bond acceptors (Lipinski definition) is 4. The highest BCUT2D eigenvalue weighted by atomic mass is 16.5. The standard InChI is InChI=1S/C23H22O4/c1-15(2)13-25-20-11-10-18-19(17-8-6-5-7-9-17)12-21(24)27-22(18)23(20)26-14-16(3)4/h5-12H,1,3,13-14H2,2,4H3. The van der Waals surface area contributed by atoms with Gasteiger partial charge in [0.25, 0.3) is 0 Å². The first-order chi connectivity index (χ1) is 13.0. The van der Waals surface area contributed by atoms with Crippen LogP contribution in [0.3, 0.4) is 0 Å². The van der Waals surface area contributed by atoms with Gasteiger partial charge in [0.2, 0.25) is 5.75 Å². The van der Waals surface area contributed by atoms with E-state index < -0.39 is 5.63 Å². The van der Waals surface area contributed by atoms with Crippen molar-refractivity contribution in [2.45, 2.75) is 13.8 Å². The molecule has 0 aliphatic carbocycles. The zero-order valence-electron chi connectivity index (χ0n) is 15.6. The van der Waals surface area contributed by atoms with Gasteiger partial charge in [0.1, 0.15) is 13.2 Å². The Hall–Kier alpha value is -3.27. The molecule has 0 unspecified atom stereocenters. The van der Waals surface area contributed by atoms with Crippen molar-refractivity contribution in [1.29, 1.82) is 0 Å². The van der Waals surface area contributed by atoms with Crippen molar-refractivity contribution >= 4 is 11.0 Å². The number of hydrogen-bond donors (Lipinski definition) is 0. The molecule has 0 aliphatic heterocycles. The summed E-state index contributed by atoms with van der Waals surface area (Å²) < 4.78 is 17.2. The van der Waals surface area contributed by atoms with Crippen molar-refractivity contribution in [1.82, 2.24) is 0 Å². The monoisotopic (exact) mass is 362 g/mol. The molecule has 0 saturated heterocycles. The van der Waals surface area contributed by atoms with Crippen molar-refractivity contribution in [2.24, 2.45) is 0 Å². The molecule has 3 aromatic rings. The van der Waals surface area contributed by atoms with Gasteiger partial charge in [-0.15, -0.1) is 0 Å². The molecule has 4 nitrogen and oxygen atoms in total. The summed E-state index contributed by atoms with van der Waals surface area (Å²) in [6, 6.07) is 14.9. The van der Waals surface area contributed by atoms with Crippen LogP contribution in [0.1, 0.15) is 13.8 Å². The lowest BCUT2D eigenvalue weighted by Crippen LogP contribution is -2.06. The van der Waals surface area contributed by atoms with Gasteiger partial charge in [-0.05, 0) is 48.3 Å². The highest BCUT2D eigenvalue weighted by Gasteiger charge is 2.17. The van der Waals surface area contributed by atoms with E-state index >= 15 is 0 Å². The fourth-order valence-corrected chi connectivity index (χ4v) is 2.69. The van der Waals surface area contributed by atoms with Crippen LogP contribution >= 0.6 is 0 Å². The Bertz CT molecular complexity index is 1050. The van der Waals surface area contributed by atoms with Crippen LogP contribution in [0.4, 0.5) is 0 Å². The number of rotatable bonds is 7. The van der Waals surface area contributed by atoms with Crippen molar-refractivity contribution in [2.75, 3.05) is 13.2 Å². The molecule has 3 rings (SSSR count). The molecule has 0 atom stereocenters. The summed E-state index contributed by atoms with van der Waals surface area (Å²) in [5, 5.41) is 0.778. The first kappa shape index (κ1) is 18.5. The van der Waals surface area contributed by atoms with Gasteiger partial charge in [0.05, 0.1) is 0 Å². The SMILES string of the molecule is C=C(C)COc1ccc2c(-c3ccccc3)cc(=O)oc2c1OCC(=C)C. The van der Waals surface area contributed by atoms with E-state index in [1.54, 1.807) is 0 Å². The summed E-state index contributed by atoms with van der Waals surface area (Å²) >= 11 is 0. The normalized spacial score (nSPS) is 10.6. The molecule has 27 heavy (non-hydrogen) atoms. The average molecular weight is 362 g/mol. The lowest BCUT2D eigenvalue weighted by atomic mass is 10.0. The molecule has 0 amide bonds. The summed E-state index contributed by atoms with van der Waals surface area (Å²) in [6.07, 6.45) is 0. The minimum absolute atomic E-state index is 0.293. The van der Waals surface area contributed by atoms with E-state index in [1.165, 1.54) is 6.07 Å². The molecule has 0 aliphatic rings. The molecule has 0 radical (unpaired) electrons. The van der Waals surface area contributed by atoms with Gasteiger partial charge in [-0.3, -0.25) is 0 Å². The van der Waals surface area contributed by atoms with Crippen LogP contribution in [-0.4, -0.2) is 13.2 Å². The van der Waals surface area contributed by atoms with E-state index in [0.717, 1.165) is 27.7 Å². The molecular weight excluding hydrogens is 340 g/mol. The number of fused-ring (bicyclic) bond motifs is 1. The summed E-state index contributed by atoms with van der Waals surface area (Å²) in [5.74, 6) is 0.895. The zero-order valence-corrected chi connectivity index (χ0v) is 15.6. The number of benzene rings is 2. The fourth-order valence-electron chi connectivity index (χ4n) is 2.69.